The Morgan fingerprint density at radius 3 is 2.21 bits per heavy atom. The Morgan fingerprint density at radius 2 is 1.52 bits per heavy atom. The van der Waals surface area contributed by atoms with Gasteiger partial charge in [0.2, 0.25) is 5.91 Å². The normalized spacial score (nSPS) is 18.6. The van der Waals surface area contributed by atoms with Gasteiger partial charge < -0.3 is 10.1 Å². The molecule has 2 aliphatic heterocycles. The maximum atomic E-state index is 13.4. The van der Waals surface area contributed by atoms with Crippen LogP contribution in [0.25, 0.3) is 0 Å². The number of carbonyl (C=O) groups is 1. The quantitative estimate of drug-likeness (QED) is 0.729. The van der Waals surface area contributed by atoms with Gasteiger partial charge in [-0.3, -0.25) is 9.69 Å². The van der Waals surface area contributed by atoms with Gasteiger partial charge in [0.05, 0.1) is 5.92 Å². The predicted octanol–water partition coefficient (Wildman–Crippen LogP) is 4.31. The average molecular weight is 384 g/mol. The molecule has 5 rings (SSSR count). The summed E-state index contributed by atoms with van der Waals surface area (Å²) in [5.74, 6) is 1.26. The molecule has 0 spiro atoms. The Balaban J connectivity index is 1.32. The monoisotopic (exact) mass is 384 g/mol. The van der Waals surface area contributed by atoms with Gasteiger partial charge in [-0.25, -0.2) is 0 Å². The molecule has 0 bridgehead atoms. The van der Waals surface area contributed by atoms with Gasteiger partial charge in [-0.2, -0.15) is 0 Å². The van der Waals surface area contributed by atoms with Gasteiger partial charge in [-0.15, -0.1) is 0 Å². The Labute approximate surface area is 171 Å². The fraction of sp³-hybridized carbons (Fsp3) is 0.240. The van der Waals surface area contributed by atoms with Crippen molar-refractivity contribution in [2.45, 2.75) is 24.9 Å². The molecule has 3 aromatic rings. The summed E-state index contributed by atoms with van der Waals surface area (Å²) in [7, 11) is 0. The molecule has 0 aromatic heterocycles. The third-order valence-corrected chi connectivity index (χ3v) is 5.81. The Hall–Kier alpha value is -3.11. The van der Waals surface area contributed by atoms with Crippen molar-refractivity contribution >= 4 is 5.91 Å². The fourth-order valence-corrected chi connectivity index (χ4v) is 4.41. The van der Waals surface area contributed by atoms with Crippen LogP contribution >= 0.6 is 0 Å². The van der Waals surface area contributed by atoms with Crippen molar-refractivity contribution in [1.29, 1.82) is 0 Å². The standard InChI is InChI=1S/C25H24N2O2/c28-25(26-19-14-15-27(17-19)16-18-8-2-1-3-9-18)24-20-10-4-6-12-22(20)29-23-13-7-5-11-21(23)24/h1-13,19,24H,14-17H2,(H,26,28)/t19-/m0/s1. The molecule has 1 amide bonds. The number of hydrogen-bond donors (Lipinski definition) is 1. The first kappa shape index (κ1) is 18.0. The highest BCUT2D eigenvalue weighted by atomic mass is 16.5. The molecule has 1 atom stereocenters. The molecular weight excluding hydrogens is 360 g/mol. The second kappa shape index (κ2) is 7.72. The maximum Gasteiger partial charge on any atom is 0.232 e. The van der Waals surface area contributed by atoms with Crippen LogP contribution in [0.3, 0.4) is 0 Å². The van der Waals surface area contributed by atoms with Gasteiger partial charge in [0.25, 0.3) is 0 Å². The number of amides is 1. The minimum absolute atomic E-state index is 0.0553. The van der Waals surface area contributed by atoms with Crippen LogP contribution in [0.5, 0.6) is 11.5 Å². The summed E-state index contributed by atoms with van der Waals surface area (Å²) >= 11 is 0. The minimum atomic E-state index is -0.334. The smallest absolute Gasteiger partial charge is 0.232 e. The SMILES string of the molecule is O=C(N[C@H]1CCN(Cc2ccccc2)C1)C1c2ccccc2Oc2ccccc21. The average Bonchev–Trinajstić information content (AvgIpc) is 3.19. The fourth-order valence-electron chi connectivity index (χ4n) is 4.41. The van der Waals surface area contributed by atoms with Crippen LogP contribution < -0.4 is 10.1 Å². The van der Waals surface area contributed by atoms with Gasteiger partial charge in [-0.05, 0) is 24.1 Å². The van der Waals surface area contributed by atoms with Crippen molar-refractivity contribution in [1.82, 2.24) is 10.2 Å². The van der Waals surface area contributed by atoms with Crippen LogP contribution in [0.2, 0.25) is 0 Å². The van der Waals surface area contributed by atoms with E-state index in [1.54, 1.807) is 0 Å². The summed E-state index contributed by atoms with van der Waals surface area (Å²) in [6, 6.07) is 26.3. The molecule has 1 saturated heterocycles. The van der Waals surface area contributed by atoms with Crippen molar-refractivity contribution in [2.75, 3.05) is 13.1 Å². The van der Waals surface area contributed by atoms with Crippen molar-refractivity contribution < 1.29 is 9.53 Å². The van der Waals surface area contributed by atoms with E-state index in [2.05, 4.69) is 34.5 Å². The maximum absolute atomic E-state index is 13.4. The molecule has 0 radical (unpaired) electrons. The van der Waals surface area contributed by atoms with Crippen molar-refractivity contribution in [3.05, 3.63) is 95.6 Å². The van der Waals surface area contributed by atoms with Gasteiger partial charge in [0.1, 0.15) is 11.5 Å². The lowest BCUT2D eigenvalue weighted by molar-refractivity contribution is -0.122. The summed E-state index contributed by atoms with van der Waals surface area (Å²) in [4.78, 5) is 15.8. The van der Waals surface area contributed by atoms with Gasteiger partial charge in [-0.1, -0.05) is 66.7 Å². The molecule has 4 nitrogen and oxygen atoms in total. The number of para-hydroxylation sites is 2. The van der Waals surface area contributed by atoms with Crippen LogP contribution in [0.4, 0.5) is 0 Å². The molecule has 3 aromatic carbocycles. The Bertz CT molecular complexity index is 973. The molecule has 146 valence electrons. The highest BCUT2D eigenvalue weighted by molar-refractivity contribution is 5.89. The Kier molecular flexibility index (Phi) is 4.78. The first-order chi connectivity index (χ1) is 14.3. The highest BCUT2D eigenvalue weighted by Gasteiger charge is 2.34. The summed E-state index contributed by atoms with van der Waals surface area (Å²) in [6.07, 6.45) is 0.977. The first-order valence-corrected chi connectivity index (χ1v) is 10.2. The molecule has 2 aliphatic rings. The molecule has 2 heterocycles. The zero-order valence-electron chi connectivity index (χ0n) is 16.3. The third-order valence-electron chi connectivity index (χ3n) is 5.81. The number of benzene rings is 3. The number of ether oxygens (including phenoxy) is 1. The lowest BCUT2D eigenvalue weighted by atomic mass is 9.87. The largest absolute Gasteiger partial charge is 0.457 e. The van der Waals surface area contributed by atoms with Crippen LogP contribution in [0, 0.1) is 0 Å². The van der Waals surface area contributed by atoms with Crippen LogP contribution in [0.15, 0.2) is 78.9 Å². The number of likely N-dealkylation sites (tertiary alicyclic amines) is 1. The number of fused-ring (bicyclic) bond motifs is 2. The van der Waals surface area contributed by atoms with Crippen LogP contribution in [-0.4, -0.2) is 29.9 Å². The molecule has 0 saturated carbocycles. The van der Waals surface area contributed by atoms with E-state index in [1.165, 1.54) is 5.56 Å². The van der Waals surface area contributed by atoms with Crippen LogP contribution in [0.1, 0.15) is 29.0 Å². The van der Waals surface area contributed by atoms with Crippen LogP contribution in [-0.2, 0) is 11.3 Å². The third kappa shape index (κ3) is 3.64. The van der Waals surface area contributed by atoms with Gasteiger partial charge in [0, 0.05) is 36.8 Å². The van der Waals surface area contributed by atoms with E-state index >= 15 is 0 Å². The lowest BCUT2D eigenvalue weighted by Crippen LogP contribution is -2.40. The van der Waals surface area contributed by atoms with Crippen molar-refractivity contribution in [3.8, 4) is 11.5 Å². The number of nitrogens with zero attached hydrogens (tertiary/aromatic N) is 1. The molecule has 1 fully saturated rings. The highest BCUT2D eigenvalue weighted by Crippen LogP contribution is 2.44. The molecule has 1 N–H and O–H groups in total. The second-order valence-electron chi connectivity index (χ2n) is 7.83. The van der Waals surface area contributed by atoms with E-state index in [0.717, 1.165) is 48.7 Å². The van der Waals surface area contributed by atoms with E-state index in [0.29, 0.717) is 0 Å². The minimum Gasteiger partial charge on any atom is -0.457 e. The van der Waals surface area contributed by atoms with E-state index in [9.17, 15) is 4.79 Å². The first-order valence-electron chi connectivity index (χ1n) is 10.2. The second-order valence-corrected chi connectivity index (χ2v) is 7.83. The summed E-state index contributed by atoms with van der Waals surface area (Å²) in [5.41, 5.74) is 3.18. The topological polar surface area (TPSA) is 41.6 Å². The van der Waals surface area contributed by atoms with Gasteiger partial charge in [0.15, 0.2) is 0 Å². The predicted molar refractivity (Wildman–Crippen MR) is 113 cm³/mol. The number of carbonyl (C=O) groups excluding carboxylic acids is 1. The Morgan fingerprint density at radius 1 is 0.897 bits per heavy atom. The number of rotatable bonds is 4. The summed E-state index contributed by atoms with van der Waals surface area (Å²) in [5, 5.41) is 3.31. The number of nitrogens with one attached hydrogen (secondary N) is 1. The molecule has 0 aliphatic carbocycles. The van der Waals surface area contributed by atoms with E-state index in [4.69, 9.17) is 4.74 Å². The molecule has 29 heavy (non-hydrogen) atoms. The number of hydrogen-bond acceptors (Lipinski definition) is 3. The van der Waals surface area contributed by atoms with E-state index in [-0.39, 0.29) is 17.9 Å². The summed E-state index contributed by atoms with van der Waals surface area (Å²) < 4.78 is 6.02. The van der Waals surface area contributed by atoms with Crippen molar-refractivity contribution in [2.24, 2.45) is 0 Å². The zero-order chi connectivity index (χ0) is 19.6. The lowest BCUT2D eigenvalue weighted by Gasteiger charge is -2.28. The van der Waals surface area contributed by atoms with E-state index < -0.39 is 0 Å². The van der Waals surface area contributed by atoms with Crippen molar-refractivity contribution in [3.63, 3.8) is 0 Å². The molecule has 0 unspecified atom stereocenters. The van der Waals surface area contributed by atoms with Gasteiger partial charge >= 0.3 is 0 Å². The zero-order valence-corrected chi connectivity index (χ0v) is 16.3. The molecule has 4 heteroatoms. The van der Waals surface area contributed by atoms with E-state index in [1.807, 2.05) is 54.6 Å². The molecular formula is C25H24N2O2. The summed E-state index contributed by atoms with van der Waals surface area (Å²) in [6.45, 7) is 2.81.